The van der Waals surface area contributed by atoms with E-state index in [4.69, 9.17) is 14.5 Å². The minimum atomic E-state index is -0.154. The summed E-state index contributed by atoms with van der Waals surface area (Å²) >= 11 is 0. The Kier molecular flexibility index (Phi) is 13.1. The highest BCUT2D eigenvalue weighted by Gasteiger charge is 2.09. The largest absolute Gasteiger partial charge is 0.493 e. The number of aliphatic imine (C=N–C) groups is 1. The molecule has 0 aliphatic heterocycles. The van der Waals surface area contributed by atoms with Crippen molar-refractivity contribution in [3.8, 4) is 11.5 Å². The van der Waals surface area contributed by atoms with Gasteiger partial charge in [0, 0.05) is 19.1 Å². The van der Waals surface area contributed by atoms with E-state index in [1.807, 2.05) is 25.1 Å². The molecular weight excluding hydrogens is 380 g/mol. The van der Waals surface area contributed by atoms with E-state index in [1.54, 1.807) is 7.11 Å². The Balaban J connectivity index is 2.68. The highest BCUT2D eigenvalue weighted by Crippen LogP contribution is 2.28. The molecule has 0 aromatic heterocycles. The number of nitrogens with zero attached hydrogens (tertiary/aromatic N) is 1. The molecule has 1 atom stereocenters. The Bertz CT molecular complexity index is 649. The maximum absolute atomic E-state index is 11.6. The van der Waals surface area contributed by atoms with Crippen molar-refractivity contribution in [2.75, 3.05) is 26.8 Å². The zero-order chi connectivity index (χ0) is 22.2. The number of guanidine groups is 1. The molecule has 7 nitrogen and oxygen atoms in total. The van der Waals surface area contributed by atoms with Crippen LogP contribution < -0.4 is 25.4 Å². The Hall–Kier alpha value is -2.44. The van der Waals surface area contributed by atoms with Crippen molar-refractivity contribution in [1.82, 2.24) is 16.0 Å². The summed E-state index contributed by atoms with van der Waals surface area (Å²) in [7, 11) is 1.59. The van der Waals surface area contributed by atoms with Crippen LogP contribution in [0.1, 0.15) is 65.4 Å². The van der Waals surface area contributed by atoms with E-state index in [9.17, 15) is 4.79 Å². The molecule has 1 aromatic rings. The summed E-state index contributed by atoms with van der Waals surface area (Å²) in [5.41, 5.74) is 1.00. The lowest BCUT2D eigenvalue weighted by atomic mass is 10.1. The first kappa shape index (κ1) is 25.6. The van der Waals surface area contributed by atoms with E-state index in [-0.39, 0.29) is 12.5 Å². The van der Waals surface area contributed by atoms with Gasteiger partial charge in [0.2, 0.25) is 0 Å². The SMILES string of the molecule is CCCCCCC(C)NC(=NCc1ccc(OCC(=O)NCC)c(OC)c1)NCC. The lowest BCUT2D eigenvalue weighted by molar-refractivity contribution is -0.123. The van der Waals surface area contributed by atoms with Gasteiger partial charge in [0.05, 0.1) is 13.7 Å². The van der Waals surface area contributed by atoms with Crippen LogP contribution >= 0.6 is 0 Å². The van der Waals surface area contributed by atoms with E-state index >= 15 is 0 Å². The van der Waals surface area contributed by atoms with Crippen molar-refractivity contribution in [2.24, 2.45) is 4.99 Å². The standard InChI is InChI=1S/C23H40N4O3/c1-6-9-10-11-12-18(4)27-23(25-8-3)26-16-19-13-14-20(21(15-19)29-5)30-17-22(28)24-7-2/h13-15,18H,6-12,16-17H2,1-5H3,(H,24,28)(H2,25,26,27). The third kappa shape index (κ3) is 10.4. The molecule has 0 aliphatic carbocycles. The average Bonchev–Trinajstić information content (AvgIpc) is 2.74. The smallest absolute Gasteiger partial charge is 0.257 e. The molecule has 1 aromatic carbocycles. The van der Waals surface area contributed by atoms with Crippen LogP contribution in [0.25, 0.3) is 0 Å². The van der Waals surface area contributed by atoms with Crippen LogP contribution in [0.4, 0.5) is 0 Å². The Morgan fingerprint density at radius 2 is 1.83 bits per heavy atom. The number of benzene rings is 1. The van der Waals surface area contributed by atoms with Gasteiger partial charge < -0.3 is 25.4 Å². The third-order valence-electron chi connectivity index (χ3n) is 4.60. The normalized spacial score (nSPS) is 12.2. The molecule has 0 fully saturated rings. The summed E-state index contributed by atoms with van der Waals surface area (Å²) in [6, 6.07) is 6.03. The molecule has 0 bridgehead atoms. The minimum Gasteiger partial charge on any atom is -0.493 e. The summed E-state index contributed by atoms with van der Waals surface area (Å²) < 4.78 is 11.0. The second kappa shape index (κ2) is 15.4. The fourth-order valence-electron chi connectivity index (χ4n) is 2.99. The first-order valence-corrected chi connectivity index (χ1v) is 11.1. The molecule has 1 rings (SSSR count). The molecule has 30 heavy (non-hydrogen) atoms. The van der Waals surface area contributed by atoms with E-state index in [2.05, 4.69) is 36.7 Å². The van der Waals surface area contributed by atoms with Gasteiger partial charge in [0.1, 0.15) is 0 Å². The predicted octanol–water partition coefficient (Wildman–Crippen LogP) is 3.62. The van der Waals surface area contributed by atoms with Crippen LogP contribution in [-0.4, -0.2) is 44.7 Å². The van der Waals surface area contributed by atoms with Gasteiger partial charge in [-0.05, 0) is 44.9 Å². The summed E-state index contributed by atoms with van der Waals surface area (Å²) in [5, 5.41) is 9.50. The van der Waals surface area contributed by atoms with Gasteiger partial charge in [0.25, 0.3) is 5.91 Å². The summed E-state index contributed by atoms with van der Waals surface area (Å²) in [6.07, 6.45) is 6.20. The zero-order valence-electron chi connectivity index (χ0n) is 19.3. The number of nitrogens with one attached hydrogen (secondary N) is 3. The number of amides is 1. The second-order valence-electron chi connectivity index (χ2n) is 7.32. The van der Waals surface area contributed by atoms with Gasteiger partial charge in [-0.2, -0.15) is 0 Å². The molecule has 1 amide bonds. The van der Waals surface area contributed by atoms with Crippen molar-refractivity contribution in [3.05, 3.63) is 23.8 Å². The quantitative estimate of drug-likeness (QED) is 0.243. The number of likely N-dealkylation sites (N-methyl/N-ethyl adjacent to an activating group) is 1. The number of hydrogen-bond acceptors (Lipinski definition) is 4. The maximum Gasteiger partial charge on any atom is 0.257 e. The molecule has 0 spiro atoms. The lowest BCUT2D eigenvalue weighted by Crippen LogP contribution is -2.42. The molecule has 0 saturated heterocycles. The summed E-state index contributed by atoms with van der Waals surface area (Å²) in [5.74, 6) is 1.80. The Morgan fingerprint density at radius 1 is 1.07 bits per heavy atom. The highest BCUT2D eigenvalue weighted by atomic mass is 16.5. The fraction of sp³-hybridized carbons (Fsp3) is 0.652. The van der Waals surface area contributed by atoms with Crippen LogP contribution in [0.3, 0.4) is 0 Å². The summed E-state index contributed by atoms with van der Waals surface area (Å²) in [4.78, 5) is 16.3. The van der Waals surface area contributed by atoms with E-state index in [0.29, 0.717) is 30.6 Å². The predicted molar refractivity (Wildman–Crippen MR) is 123 cm³/mol. The van der Waals surface area contributed by atoms with Crippen LogP contribution in [-0.2, 0) is 11.3 Å². The minimum absolute atomic E-state index is 0.0354. The molecular formula is C23H40N4O3. The van der Waals surface area contributed by atoms with E-state index in [0.717, 1.165) is 24.5 Å². The zero-order valence-corrected chi connectivity index (χ0v) is 19.3. The maximum atomic E-state index is 11.6. The molecule has 170 valence electrons. The van der Waals surface area contributed by atoms with Crippen molar-refractivity contribution in [2.45, 2.75) is 72.4 Å². The molecule has 0 radical (unpaired) electrons. The van der Waals surface area contributed by atoms with Crippen LogP contribution in [0.2, 0.25) is 0 Å². The summed E-state index contributed by atoms with van der Waals surface area (Å²) in [6.45, 7) is 10.2. The molecule has 0 aliphatic rings. The first-order valence-electron chi connectivity index (χ1n) is 11.1. The van der Waals surface area contributed by atoms with Crippen molar-refractivity contribution >= 4 is 11.9 Å². The second-order valence-corrected chi connectivity index (χ2v) is 7.32. The van der Waals surface area contributed by atoms with Crippen molar-refractivity contribution in [1.29, 1.82) is 0 Å². The number of rotatable bonds is 14. The van der Waals surface area contributed by atoms with Gasteiger partial charge in [-0.15, -0.1) is 0 Å². The van der Waals surface area contributed by atoms with Gasteiger partial charge in [-0.1, -0.05) is 38.7 Å². The molecule has 0 saturated carbocycles. The van der Waals surface area contributed by atoms with Crippen molar-refractivity contribution in [3.63, 3.8) is 0 Å². The number of carbonyl (C=O) groups excluding carboxylic acids is 1. The molecule has 7 heteroatoms. The monoisotopic (exact) mass is 420 g/mol. The molecule has 1 unspecified atom stereocenters. The van der Waals surface area contributed by atoms with Gasteiger partial charge in [-0.3, -0.25) is 4.79 Å². The number of unbranched alkanes of at least 4 members (excludes halogenated alkanes) is 3. The van der Waals surface area contributed by atoms with Crippen LogP contribution in [0.15, 0.2) is 23.2 Å². The van der Waals surface area contributed by atoms with Crippen molar-refractivity contribution < 1.29 is 14.3 Å². The topological polar surface area (TPSA) is 84.0 Å². The van der Waals surface area contributed by atoms with E-state index < -0.39 is 0 Å². The van der Waals surface area contributed by atoms with Crippen LogP contribution in [0.5, 0.6) is 11.5 Å². The van der Waals surface area contributed by atoms with Gasteiger partial charge in [0.15, 0.2) is 24.1 Å². The molecule has 0 heterocycles. The van der Waals surface area contributed by atoms with Gasteiger partial charge in [-0.25, -0.2) is 4.99 Å². The first-order chi connectivity index (χ1) is 14.5. The Labute approximate surface area is 182 Å². The third-order valence-corrected chi connectivity index (χ3v) is 4.60. The highest BCUT2D eigenvalue weighted by molar-refractivity contribution is 5.80. The van der Waals surface area contributed by atoms with Crippen LogP contribution in [0, 0.1) is 0 Å². The number of methoxy groups -OCH3 is 1. The lowest BCUT2D eigenvalue weighted by Gasteiger charge is -2.18. The number of ether oxygens (including phenoxy) is 2. The molecule has 3 N–H and O–H groups in total. The van der Waals surface area contributed by atoms with E-state index in [1.165, 1.54) is 25.7 Å². The number of carbonyl (C=O) groups is 1. The number of hydrogen-bond donors (Lipinski definition) is 3. The Morgan fingerprint density at radius 3 is 2.50 bits per heavy atom. The van der Waals surface area contributed by atoms with Gasteiger partial charge >= 0.3 is 0 Å². The average molecular weight is 421 g/mol. The fourth-order valence-corrected chi connectivity index (χ4v) is 2.99.